The van der Waals surface area contributed by atoms with Crippen molar-refractivity contribution in [3.8, 4) is 11.5 Å². The first-order valence-electron chi connectivity index (χ1n) is 5.28. The van der Waals surface area contributed by atoms with E-state index in [-0.39, 0.29) is 11.7 Å². The molecule has 0 saturated carbocycles. The molecule has 0 amide bonds. The van der Waals surface area contributed by atoms with E-state index in [9.17, 15) is 9.50 Å². The van der Waals surface area contributed by atoms with Crippen LogP contribution in [0.5, 0.6) is 11.5 Å². The van der Waals surface area contributed by atoms with Gasteiger partial charge in [0.05, 0.1) is 7.11 Å². The first kappa shape index (κ1) is 12.8. The van der Waals surface area contributed by atoms with Crippen molar-refractivity contribution >= 4 is 0 Å². The maximum atomic E-state index is 13.8. The second-order valence-electron chi connectivity index (χ2n) is 3.96. The molecule has 90 valence electrons. The fourth-order valence-corrected chi connectivity index (χ4v) is 1.81. The smallest absolute Gasteiger partial charge is 0.194 e. The number of hydrogen-bond acceptors (Lipinski definition) is 3. The number of hydrogen-bond donors (Lipinski definition) is 2. The highest BCUT2D eigenvalue weighted by atomic mass is 19.1. The molecule has 1 unspecified atom stereocenters. The summed E-state index contributed by atoms with van der Waals surface area (Å²) in [6.45, 7) is 4.15. The standard InChI is InChI=1S/C12H18FNO2/c1-7(4-5-14)9-6-8(2)12(16-3)11(15)10(9)13/h6-7,15H,4-5,14H2,1-3H3. The summed E-state index contributed by atoms with van der Waals surface area (Å²) in [6.07, 6.45) is 0.683. The summed E-state index contributed by atoms with van der Waals surface area (Å²) < 4.78 is 18.8. The Balaban J connectivity index is 3.22. The van der Waals surface area contributed by atoms with Gasteiger partial charge in [0.1, 0.15) is 0 Å². The van der Waals surface area contributed by atoms with Gasteiger partial charge in [-0.05, 0) is 43.0 Å². The maximum Gasteiger partial charge on any atom is 0.194 e. The Morgan fingerprint density at radius 3 is 2.69 bits per heavy atom. The van der Waals surface area contributed by atoms with E-state index in [0.29, 0.717) is 18.5 Å². The third-order valence-electron chi connectivity index (χ3n) is 2.74. The fraction of sp³-hybridized carbons (Fsp3) is 0.500. The van der Waals surface area contributed by atoms with Crippen molar-refractivity contribution in [1.29, 1.82) is 0 Å². The molecule has 0 radical (unpaired) electrons. The summed E-state index contributed by atoms with van der Waals surface area (Å²) in [5.41, 5.74) is 6.65. The number of benzene rings is 1. The number of phenols is 1. The van der Waals surface area contributed by atoms with Gasteiger partial charge in [0.25, 0.3) is 0 Å². The number of halogens is 1. The van der Waals surface area contributed by atoms with Crippen LogP contribution in [-0.2, 0) is 0 Å². The maximum absolute atomic E-state index is 13.8. The Morgan fingerprint density at radius 2 is 2.19 bits per heavy atom. The number of phenolic OH excluding ortho intramolecular Hbond substituents is 1. The third kappa shape index (κ3) is 2.27. The molecule has 0 fully saturated rings. The molecule has 3 nitrogen and oxygen atoms in total. The van der Waals surface area contributed by atoms with Gasteiger partial charge in [-0.1, -0.05) is 6.92 Å². The number of nitrogens with two attached hydrogens (primary N) is 1. The van der Waals surface area contributed by atoms with E-state index in [1.807, 2.05) is 6.92 Å². The number of ether oxygens (including phenoxy) is 1. The van der Waals surface area contributed by atoms with Crippen molar-refractivity contribution in [2.75, 3.05) is 13.7 Å². The highest BCUT2D eigenvalue weighted by Crippen LogP contribution is 2.37. The number of methoxy groups -OCH3 is 1. The van der Waals surface area contributed by atoms with E-state index in [1.54, 1.807) is 13.0 Å². The average Bonchev–Trinajstić information content (AvgIpc) is 2.24. The van der Waals surface area contributed by atoms with Crippen molar-refractivity contribution < 1.29 is 14.2 Å². The Hall–Kier alpha value is -1.29. The lowest BCUT2D eigenvalue weighted by Crippen LogP contribution is -2.07. The van der Waals surface area contributed by atoms with Crippen LogP contribution in [-0.4, -0.2) is 18.8 Å². The van der Waals surface area contributed by atoms with Gasteiger partial charge in [-0.25, -0.2) is 4.39 Å². The van der Waals surface area contributed by atoms with Crippen LogP contribution in [0.4, 0.5) is 4.39 Å². The Morgan fingerprint density at radius 1 is 1.56 bits per heavy atom. The van der Waals surface area contributed by atoms with Crippen molar-refractivity contribution in [2.24, 2.45) is 5.73 Å². The van der Waals surface area contributed by atoms with Gasteiger partial charge in [-0.2, -0.15) is 0 Å². The van der Waals surface area contributed by atoms with Crippen LogP contribution in [0.15, 0.2) is 6.07 Å². The minimum atomic E-state index is -0.608. The summed E-state index contributed by atoms with van der Waals surface area (Å²) in [7, 11) is 1.41. The van der Waals surface area contributed by atoms with Gasteiger partial charge in [-0.3, -0.25) is 0 Å². The quantitative estimate of drug-likeness (QED) is 0.829. The molecule has 0 saturated heterocycles. The molecule has 1 rings (SSSR count). The molecule has 3 N–H and O–H groups in total. The molecule has 0 aliphatic rings. The predicted octanol–water partition coefficient (Wildman–Crippen LogP) is 2.30. The zero-order valence-electron chi connectivity index (χ0n) is 9.88. The molecule has 1 aromatic rings. The summed E-state index contributed by atoms with van der Waals surface area (Å²) in [5, 5.41) is 9.65. The second kappa shape index (κ2) is 5.16. The van der Waals surface area contributed by atoms with Gasteiger partial charge in [0, 0.05) is 0 Å². The summed E-state index contributed by atoms with van der Waals surface area (Å²) >= 11 is 0. The Bertz CT molecular complexity index is 380. The normalized spacial score (nSPS) is 12.6. The second-order valence-corrected chi connectivity index (χ2v) is 3.96. The molecule has 0 heterocycles. The molecule has 16 heavy (non-hydrogen) atoms. The first-order valence-corrected chi connectivity index (χ1v) is 5.28. The van der Waals surface area contributed by atoms with Gasteiger partial charge in [0.2, 0.25) is 0 Å². The van der Waals surface area contributed by atoms with Crippen LogP contribution in [0, 0.1) is 12.7 Å². The van der Waals surface area contributed by atoms with Crippen LogP contribution < -0.4 is 10.5 Å². The number of rotatable bonds is 4. The van der Waals surface area contributed by atoms with Gasteiger partial charge >= 0.3 is 0 Å². The van der Waals surface area contributed by atoms with Crippen molar-refractivity contribution in [3.63, 3.8) is 0 Å². The molecular formula is C12H18FNO2. The average molecular weight is 227 g/mol. The predicted molar refractivity (Wildman–Crippen MR) is 61.4 cm³/mol. The topological polar surface area (TPSA) is 55.5 Å². The van der Waals surface area contributed by atoms with Crippen LogP contribution in [0.3, 0.4) is 0 Å². The van der Waals surface area contributed by atoms with Crippen molar-refractivity contribution in [1.82, 2.24) is 0 Å². The first-order chi connectivity index (χ1) is 7.52. The lowest BCUT2D eigenvalue weighted by Gasteiger charge is -2.16. The largest absolute Gasteiger partial charge is 0.502 e. The lowest BCUT2D eigenvalue weighted by atomic mass is 9.95. The van der Waals surface area contributed by atoms with E-state index in [1.165, 1.54) is 7.11 Å². The zero-order valence-corrected chi connectivity index (χ0v) is 9.88. The van der Waals surface area contributed by atoms with E-state index in [0.717, 1.165) is 5.56 Å². The fourth-order valence-electron chi connectivity index (χ4n) is 1.81. The summed E-state index contributed by atoms with van der Waals surface area (Å²) in [6, 6.07) is 1.70. The molecule has 1 aromatic carbocycles. The highest BCUT2D eigenvalue weighted by Gasteiger charge is 2.19. The number of aryl methyl sites for hydroxylation is 1. The molecule has 1 atom stereocenters. The zero-order chi connectivity index (χ0) is 12.3. The monoisotopic (exact) mass is 227 g/mol. The van der Waals surface area contributed by atoms with Crippen LogP contribution >= 0.6 is 0 Å². The van der Waals surface area contributed by atoms with E-state index < -0.39 is 11.6 Å². The number of aromatic hydroxyl groups is 1. The Labute approximate surface area is 95.0 Å². The summed E-state index contributed by atoms with van der Waals surface area (Å²) in [5.74, 6) is -0.841. The minimum Gasteiger partial charge on any atom is -0.502 e. The van der Waals surface area contributed by atoms with Gasteiger partial charge in [0.15, 0.2) is 17.3 Å². The molecule has 0 spiro atoms. The third-order valence-corrected chi connectivity index (χ3v) is 2.74. The summed E-state index contributed by atoms with van der Waals surface area (Å²) in [4.78, 5) is 0. The van der Waals surface area contributed by atoms with Crippen LogP contribution in [0.1, 0.15) is 30.4 Å². The van der Waals surface area contributed by atoms with Crippen LogP contribution in [0.25, 0.3) is 0 Å². The molecular weight excluding hydrogens is 209 g/mol. The van der Waals surface area contributed by atoms with E-state index >= 15 is 0 Å². The minimum absolute atomic E-state index is 0.0134. The van der Waals surface area contributed by atoms with E-state index in [2.05, 4.69) is 0 Å². The Kier molecular flexibility index (Phi) is 4.12. The van der Waals surface area contributed by atoms with Crippen molar-refractivity contribution in [2.45, 2.75) is 26.2 Å². The van der Waals surface area contributed by atoms with Crippen molar-refractivity contribution in [3.05, 3.63) is 23.0 Å². The molecule has 0 bridgehead atoms. The molecule has 4 heteroatoms. The van der Waals surface area contributed by atoms with Gasteiger partial charge < -0.3 is 15.6 Å². The SMILES string of the molecule is COc1c(C)cc(C(C)CCN)c(F)c1O. The molecule has 0 aromatic heterocycles. The van der Waals surface area contributed by atoms with Crippen LogP contribution in [0.2, 0.25) is 0 Å². The molecule has 0 aliphatic heterocycles. The molecule has 0 aliphatic carbocycles. The van der Waals surface area contributed by atoms with E-state index in [4.69, 9.17) is 10.5 Å². The lowest BCUT2D eigenvalue weighted by molar-refractivity contribution is 0.352. The highest BCUT2D eigenvalue weighted by molar-refractivity contribution is 5.50. The van der Waals surface area contributed by atoms with Gasteiger partial charge in [-0.15, -0.1) is 0 Å².